The highest BCUT2D eigenvalue weighted by molar-refractivity contribution is 8.01. The maximum absolute atomic E-state index is 12.4. The number of rotatable bonds is 9. The summed E-state index contributed by atoms with van der Waals surface area (Å²) in [6, 6.07) is 0. The summed E-state index contributed by atoms with van der Waals surface area (Å²) in [5.74, 6) is 1.76. The van der Waals surface area contributed by atoms with Crippen molar-refractivity contribution in [1.82, 2.24) is 14.7 Å². The molecule has 0 spiro atoms. The van der Waals surface area contributed by atoms with E-state index in [-0.39, 0.29) is 5.97 Å². The first-order valence-corrected chi connectivity index (χ1v) is 9.21. The van der Waals surface area contributed by atoms with E-state index in [2.05, 4.69) is 21.6 Å². The Balaban J connectivity index is 2.08. The molecule has 1 aliphatic carbocycles. The molecule has 1 aromatic heterocycles. The van der Waals surface area contributed by atoms with E-state index in [1.165, 1.54) is 18.6 Å². The fraction of sp³-hybridized carbons (Fsp3) is 0.786. The maximum atomic E-state index is 12.4. The van der Waals surface area contributed by atoms with E-state index in [0.29, 0.717) is 11.7 Å². The van der Waals surface area contributed by atoms with Crippen LogP contribution in [0.2, 0.25) is 0 Å². The standard InChI is InChI=1S/C14H23N3O2S2/c1-4-8-15-14(10-6-7-10,12(18)19-3)9-20-13-16-11(5-2)17-21-13/h10,15H,4-9H2,1-3H3. The smallest absolute Gasteiger partial charge is 0.327 e. The lowest BCUT2D eigenvalue weighted by atomic mass is 9.95. The molecular weight excluding hydrogens is 306 g/mol. The van der Waals surface area contributed by atoms with E-state index < -0.39 is 5.54 Å². The quantitative estimate of drug-likeness (QED) is 0.555. The minimum atomic E-state index is -0.576. The van der Waals surface area contributed by atoms with Crippen molar-refractivity contribution in [2.75, 3.05) is 19.4 Å². The van der Waals surface area contributed by atoms with E-state index >= 15 is 0 Å². The van der Waals surface area contributed by atoms with E-state index in [9.17, 15) is 4.79 Å². The lowest BCUT2D eigenvalue weighted by Gasteiger charge is -2.31. The van der Waals surface area contributed by atoms with Crippen molar-refractivity contribution in [3.05, 3.63) is 5.82 Å². The summed E-state index contributed by atoms with van der Waals surface area (Å²) in [4.78, 5) is 16.8. The minimum Gasteiger partial charge on any atom is -0.468 e. The number of hydrogen-bond acceptors (Lipinski definition) is 7. The number of thioether (sulfide) groups is 1. The highest BCUT2D eigenvalue weighted by atomic mass is 32.2. The lowest BCUT2D eigenvalue weighted by molar-refractivity contribution is -0.148. The fourth-order valence-electron chi connectivity index (χ4n) is 2.33. The zero-order valence-corrected chi connectivity index (χ0v) is 14.5. The van der Waals surface area contributed by atoms with Gasteiger partial charge in [0.1, 0.15) is 11.4 Å². The second-order valence-electron chi connectivity index (χ2n) is 5.28. The number of aromatic nitrogens is 2. The highest BCUT2D eigenvalue weighted by Gasteiger charge is 2.51. The number of esters is 1. The van der Waals surface area contributed by atoms with Crippen LogP contribution < -0.4 is 5.32 Å². The van der Waals surface area contributed by atoms with Gasteiger partial charge in [0.15, 0.2) is 4.34 Å². The Labute approximate surface area is 134 Å². The molecule has 0 bridgehead atoms. The number of hydrogen-bond donors (Lipinski definition) is 1. The van der Waals surface area contributed by atoms with Gasteiger partial charge in [-0.3, -0.25) is 4.79 Å². The van der Waals surface area contributed by atoms with Gasteiger partial charge in [0, 0.05) is 12.2 Å². The van der Waals surface area contributed by atoms with Crippen molar-refractivity contribution in [2.24, 2.45) is 5.92 Å². The van der Waals surface area contributed by atoms with E-state index in [0.717, 1.165) is 42.4 Å². The van der Waals surface area contributed by atoms with E-state index in [1.54, 1.807) is 11.8 Å². The number of ether oxygens (including phenoxy) is 1. The Hall–Kier alpha value is -0.660. The van der Waals surface area contributed by atoms with Crippen LogP contribution in [0.1, 0.15) is 38.9 Å². The van der Waals surface area contributed by atoms with Gasteiger partial charge in [0.2, 0.25) is 0 Å². The summed E-state index contributed by atoms with van der Waals surface area (Å²) in [7, 11) is 1.47. The number of nitrogens with one attached hydrogen (secondary N) is 1. The summed E-state index contributed by atoms with van der Waals surface area (Å²) in [5, 5.41) is 3.45. The first-order chi connectivity index (χ1) is 10.2. The van der Waals surface area contributed by atoms with Gasteiger partial charge in [-0.15, -0.1) is 0 Å². The summed E-state index contributed by atoms with van der Waals surface area (Å²) < 4.78 is 10.3. The molecule has 2 rings (SSSR count). The van der Waals surface area contributed by atoms with Gasteiger partial charge < -0.3 is 10.1 Å². The average molecular weight is 329 g/mol. The van der Waals surface area contributed by atoms with Crippen molar-refractivity contribution in [3.8, 4) is 0 Å². The van der Waals surface area contributed by atoms with Crippen LogP contribution in [0.4, 0.5) is 0 Å². The second-order valence-corrected chi connectivity index (χ2v) is 7.26. The van der Waals surface area contributed by atoms with Crippen LogP contribution in [0.15, 0.2) is 4.34 Å². The van der Waals surface area contributed by atoms with Crippen molar-refractivity contribution < 1.29 is 9.53 Å². The largest absolute Gasteiger partial charge is 0.468 e. The Morgan fingerprint density at radius 1 is 1.52 bits per heavy atom. The van der Waals surface area contributed by atoms with Crippen LogP contribution in [0.3, 0.4) is 0 Å². The predicted octanol–water partition coefficient (Wildman–Crippen LogP) is 2.51. The monoisotopic (exact) mass is 329 g/mol. The molecule has 7 heteroatoms. The van der Waals surface area contributed by atoms with Crippen LogP contribution in [-0.2, 0) is 16.0 Å². The van der Waals surface area contributed by atoms with Crippen LogP contribution in [0.5, 0.6) is 0 Å². The van der Waals surface area contributed by atoms with Gasteiger partial charge in [-0.2, -0.15) is 4.37 Å². The molecule has 0 radical (unpaired) electrons. The van der Waals surface area contributed by atoms with Crippen LogP contribution in [-0.4, -0.2) is 40.3 Å². The third-order valence-corrected chi connectivity index (χ3v) is 5.77. The van der Waals surface area contributed by atoms with Gasteiger partial charge >= 0.3 is 5.97 Å². The average Bonchev–Trinajstić information content (AvgIpc) is 3.26. The van der Waals surface area contributed by atoms with Crippen molar-refractivity contribution >= 4 is 29.3 Å². The van der Waals surface area contributed by atoms with E-state index in [4.69, 9.17) is 4.74 Å². The molecule has 118 valence electrons. The minimum absolute atomic E-state index is 0.147. The summed E-state index contributed by atoms with van der Waals surface area (Å²) >= 11 is 3.02. The summed E-state index contributed by atoms with van der Waals surface area (Å²) in [5.41, 5.74) is -0.576. The molecule has 0 saturated heterocycles. The molecule has 1 saturated carbocycles. The van der Waals surface area contributed by atoms with Gasteiger partial charge in [0.05, 0.1) is 7.11 Å². The topological polar surface area (TPSA) is 64.1 Å². The third kappa shape index (κ3) is 3.96. The molecule has 1 aromatic rings. The van der Waals surface area contributed by atoms with Gasteiger partial charge in [-0.05, 0) is 43.3 Å². The Kier molecular flexibility index (Phi) is 6.01. The molecular formula is C14H23N3O2S2. The summed E-state index contributed by atoms with van der Waals surface area (Å²) in [6.07, 6.45) is 4.01. The number of aryl methyl sites for hydroxylation is 1. The first-order valence-electron chi connectivity index (χ1n) is 7.45. The molecule has 1 heterocycles. The Morgan fingerprint density at radius 2 is 2.29 bits per heavy atom. The Bertz CT molecular complexity index is 477. The predicted molar refractivity (Wildman–Crippen MR) is 85.8 cm³/mol. The van der Waals surface area contributed by atoms with Crippen LogP contribution in [0.25, 0.3) is 0 Å². The lowest BCUT2D eigenvalue weighted by Crippen LogP contribution is -2.57. The molecule has 0 amide bonds. The van der Waals surface area contributed by atoms with Crippen molar-refractivity contribution in [3.63, 3.8) is 0 Å². The molecule has 1 aliphatic rings. The molecule has 1 atom stereocenters. The summed E-state index contributed by atoms with van der Waals surface area (Å²) in [6.45, 7) is 4.97. The molecule has 1 fully saturated rings. The van der Waals surface area contributed by atoms with Gasteiger partial charge in [-0.25, -0.2) is 4.98 Å². The molecule has 0 aromatic carbocycles. The van der Waals surface area contributed by atoms with Crippen molar-refractivity contribution in [2.45, 2.75) is 49.4 Å². The molecule has 1 unspecified atom stereocenters. The number of methoxy groups -OCH3 is 1. The number of nitrogens with zero attached hydrogens (tertiary/aromatic N) is 2. The molecule has 1 N–H and O–H groups in total. The zero-order valence-electron chi connectivity index (χ0n) is 12.8. The fourth-order valence-corrected chi connectivity index (χ4v) is 4.31. The third-order valence-electron chi connectivity index (χ3n) is 3.70. The SMILES string of the molecule is CCCNC(CSc1nc(CC)ns1)(C(=O)OC)C1CC1. The molecule has 21 heavy (non-hydrogen) atoms. The number of carbonyl (C=O) groups excluding carboxylic acids is 1. The molecule has 5 nitrogen and oxygen atoms in total. The Morgan fingerprint density at radius 3 is 2.81 bits per heavy atom. The first kappa shape index (κ1) is 16.7. The van der Waals surface area contributed by atoms with Gasteiger partial charge in [-0.1, -0.05) is 25.6 Å². The van der Waals surface area contributed by atoms with Gasteiger partial charge in [0.25, 0.3) is 0 Å². The number of carbonyl (C=O) groups is 1. The molecule has 0 aliphatic heterocycles. The maximum Gasteiger partial charge on any atom is 0.327 e. The zero-order chi connectivity index (χ0) is 15.3. The normalized spacial score (nSPS) is 17.5. The van der Waals surface area contributed by atoms with Crippen LogP contribution >= 0.6 is 23.3 Å². The van der Waals surface area contributed by atoms with E-state index in [1.807, 2.05) is 6.92 Å². The van der Waals surface area contributed by atoms with Crippen LogP contribution in [0, 0.1) is 5.92 Å². The van der Waals surface area contributed by atoms with Crippen molar-refractivity contribution in [1.29, 1.82) is 0 Å². The highest BCUT2D eigenvalue weighted by Crippen LogP contribution is 2.43. The second kappa shape index (κ2) is 7.56.